The molecule has 2 rings (SSSR count). The van der Waals surface area contributed by atoms with Crippen LogP contribution in [0, 0.1) is 5.82 Å². The van der Waals surface area contributed by atoms with E-state index in [1.165, 1.54) is 32.4 Å². The minimum atomic E-state index is -0.778. The average Bonchev–Trinajstić information content (AvgIpc) is 2.50. The molecular weight excluding hydrogens is 350 g/mol. The van der Waals surface area contributed by atoms with Gasteiger partial charge in [0.15, 0.2) is 17.3 Å². The van der Waals surface area contributed by atoms with Crippen molar-refractivity contribution in [2.45, 2.75) is 0 Å². The molecule has 0 aliphatic heterocycles. The molecule has 0 atom stereocenters. The van der Waals surface area contributed by atoms with Crippen molar-refractivity contribution in [2.75, 3.05) is 20.0 Å². The number of nitrogen functional groups attached to an aromatic ring is 1. The highest BCUT2D eigenvalue weighted by Crippen LogP contribution is 2.36. The standard InChI is InChI=1S/C14H11Cl2FN2O3.H2O/c1-21-13-7(15)4-3-6(11(13)17)9-5-8(18)10(16)12(19-9)14(20)22-2;/h3-5H,1-2H3,(H2,18,19);1H2. The Bertz CT molecular complexity index is 756. The number of benzene rings is 1. The molecule has 23 heavy (non-hydrogen) atoms. The molecule has 0 bridgehead atoms. The van der Waals surface area contributed by atoms with Crippen LogP contribution in [0.4, 0.5) is 10.1 Å². The molecule has 6 nitrogen and oxygen atoms in total. The van der Waals surface area contributed by atoms with Crippen molar-refractivity contribution in [2.24, 2.45) is 0 Å². The number of nitrogens with two attached hydrogens (primary N) is 1. The van der Waals surface area contributed by atoms with Gasteiger partial charge in [-0.15, -0.1) is 0 Å². The fourth-order valence-electron chi connectivity index (χ4n) is 1.84. The smallest absolute Gasteiger partial charge is 0.358 e. The van der Waals surface area contributed by atoms with E-state index in [1.54, 1.807) is 0 Å². The Morgan fingerprint density at radius 3 is 2.52 bits per heavy atom. The van der Waals surface area contributed by atoms with E-state index in [1.807, 2.05) is 0 Å². The molecule has 1 aromatic carbocycles. The fourth-order valence-corrected chi connectivity index (χ4v) is 2.23. The molecule has 1 aromatic heterocycles. The largest absolute Gasteiger partial charge is 0.492 e. The van der Waals surface area contributed by atoms with Crippen LogP contribution in [0.2, 0.25) is 10.0 Å². The molecule has 0 saturated carbocycles. The van der Waals surface area contributed by atoms with Gasteiger partial charge in [0.25, 0.3) is 0 Å². The first-order valence-electron chi connectivity index (χ1n) is 5.97. The molecule has 124 valence electrons. The van der Waals surface area contributed by atoms with Crippen LogP contribution in [0.25, 0.3) is 11.3 Å². The highest BCUT2D eigenvalue weighted by atomic mass is 35.5. The average molecular weight is 363 g/mol. The zero-order valence-corrected chi connectivity index (χ0v) is 13.6. The van der Waals surface area contributed by atoms with E-state index in [0.29, 0.717) is 0 Å². The Hall–Kier alpha value is -2.09. The molecular formula is C14H13Cl2FN2O4. The number of anilines is 1. The number of hydrogen-bond donors (Lipinski definition) is 1. The molecule has 0 aliphatic rings. The molecule has 0 saturated heterocycles. The normalized spacial score (nSPS) is 9.96. The summed E-state index contributed by atoms with van der Waals surface area (Å²) in [6.45, 7) is 0. The van der Waals surface area contributed by atoms with E-state index in [9.17, 15) is 9.18 Å². The second-order valence-corrected chi connectivity index (χ2v) is 4.98. The molecule has 0 unspecified atom stereocenters. The van der Waals surface area contributed by atoms with Crippen LogP contribution in [0.3, 0.4) is 0 Å². The highest BCUT2D eigenvalue weighted by molar-refractivity contribution is 6.35. The van der Waals surface area contributed by atoms with E-state index in [0.717, 1.165) is 0 Å². The van der Waals surface area contributed by atoms with Crippen LogP contribution in [0.15, 0.2) is 18.2 Å². The molecule has 0 amide bonds. The summed E-state index contributed by atoms with van der Waals surface area (Å²) in [5.74, 6) is -1.63. The Morgan fingerprint density at radius 1 is 1.30 bits per heavy atom. The van der Waals surface area contributed by atoms with Gasteiger partial charge in [-0.3, -0.25) is 0 Å². The van der Waals surface area contributed by atoms with Gasteiger partial charge >= 0.3 is 5.97 Å². The summed E-state index contributed by atoms with van der Waals surface area (Å²) in [6.07, 6.45) is 0. The van der Waals surface area contributed by atoms with Crippen molar-refractivity contribution in [3.63, 3.8) is 0 Å². The number of nitrogens with zero attached hydrogens (tertiary/aromatic N) is 1. The van der Waals surface area contributed by atoms with Gasteiger partial charge < -0.3 is 20.7 Å². The first-order chi connectivity index (χ1) is 10.4. The number of carbonyl (C=O) groups excluding carboxylic acids is 1. The summed E-state index contributed by atoms with van der Waals surface area (Å²) in [4.78, 5) is 15.7. The first kappa shape index (κ1) is 19.0. The van der Waals surface area contributed by atoms with Crippen molar-refractivity contribution in [1.29, 1.82) is 0 Å². The lowest BCUT2D eigenvalue weighted by Crippen LogP contribution is -2.08. The molecule has 0 aliphatic carbocycles. The summed E-state index contributed by atoms with van der Waals surface area (Å²) in [5.41, 5.74) is 5.78. The van der Waals surface area contributed by atoms with Crippen LogP contribution in [-0.4, -0.2) is 30.6 Å². The third kappa shape index (κ3) is 3.47. The highest BCUT2D eigenvalue weighted by Gasteiger charge is 2.21. The maximum Gasteiger partial charge on any atom is 0.358 e. The molecule has 2 aromatic rings. The van der Waals surface area contributed by atoms with Crippen molar-refractivity contribution in [3.8, 4) is 17.0 Å². The Kier molecular flexibility index (Phi) is 6.14. The molecule has 4 N–H and O–H groups in total. The number of rotatable bonds is 3. The summed E-state index contributed by atoms with van der Waals surface area (Å²) < 4.78 is 23.9. The monoisotopic (exact) mass is 362 g/mol. The zero-order chi connectivity index (χ0) is 16.4. The van der Waals surface area contributed by atoms with Crippen LogP contribution in [0.1, 0.15) is 10.5 Å². The van der Waals surface area contributed by atoms with Crippen molar-refractivity contribution in [1.82, 2.24) is 4.98 Å². The number of pyridine rings is 1. The third-order valence-corrected chi connectivity index (χ3v) is 3.59. The summed E-state index contributed by atoms with van der Waals surface area (Å²) in [6, 6.07) is 4.19. The quantitative estimate of drug-likeness (QED) is 0.844. The molecule has 9 heteroatoms. The minimum absolute atomic E-state index is 0. The topological polar surface area (TPSA) is 106 Å². The van der Waals surface area contributed by atoms with Crippen LogP contribution in [-0.2, 0) is 4.74 Å². The van der Waals surface area contributed by atoms with E-state index in [2.05, 4.69) is 9.72 Å². The summed E-state index contributed by atoms with van der Waals surface area (Å²) in [7, 11) is 2.46. The fraction of sp³-hybridized carbons (Fsp3) is 0.143. The summed E-state index contributed by atoms with van der Waals surface area (Å²) >= 11 is 11.8. The van der Waals surface area contributed by atoms with E-state index < -0.39 is 11.8 Å². The van der Waals surface area contributed by atoms with Crippen LogP contribution in [0.5, 0.6) is 5.75 Å². The molecule has 1 heterocycles. The predicted molar refractivity (Wildman–Crippen MR) is 85.6 cm³/mol. The van der Waals surface area contributed by atoms with E-state index >= 15 is 0 Å². The van der Waals surface area contributed by atoms with Gasteiger partial charge in [-0.1, -0.05) is 23.2 Å². The maximum atomic E-state index is 14.4. The Labute approximate surface area is 141 Å². The third-order valence-electron chi connectivity index (χ3n) is 2.89. The lowest BCUT2D eigenvalue weighted by atomic mass is 10.1. The second-order valence-electron chi connectivity index (χ2n) is 4.19. The minimum Gasteiger partial charge on any atom is -0.492 e. The lowest BCUT2D eigenvalue weighted by Gasteiger charge is -2.11. The number of halogens is 3. The van der Waals surface area contributed by atoms with Crippen LogP contribution >= 0.6 is 23.2 Å². The number of esters is 1. The maximum absolute atomic E-state index is 14.4. The van der Waals surface area contributed by atoms with Gasteiger partial charge in [0.2, 0.25) is 0 Å². The van der Waals surface area contributed by atoms with Gasteiger partial charge in [0.05, 0.1) is 35.6 Å². The number of methoxy groups -OCH3 is 2. The number of ether oxygens (including phenoxy) is 2. The van der Waals surface area contributed by atoms with Crippen molar-refractivity contribution >= 4 is 34.9 Å². The zero-order valence-electron chi connectivity index (χ0n) is 12.1. The van der Waals surface area contributed by atoms with E-state index in [4.69, 9.17) is 33.7 Å². The Balaban J connectivity index is 0.00000264. The number of aromatic nitrogens is 1. The van der Waals surface area contributed by atoms with Gasteiger partial charge in [0, 0.05) is 5.56 Å². The van der Waals surface area contributed by atoms with Gasteiger partial charge in [-0.25, -0.2) is 14.2 Å². The van der Waals surface area contributed by atoms with Crippen LogP contribution < -0.4 is 10.5 Å². The van der Waals surface area contributed by atoms with Gasteiger partial charge in [0.1, 0.15) is 0 Å². The predicted octanol–water partition coefficient (Wildman–Crippen LogP) is 2.75. The lowest BCUT2D eigenvalue weighted by molar-refractivity contribution is 0.0594. The van der Waals surface area contributed by atoms with Crippen molar-refractivity contribution < 1.29 is 24.1 Å². The SMILES string of the molecule is COC(=O)c1nc(-c2ccc(Cl)c(OC)c2F)cc(N)c1Cl.O. The molecule has 0 spiro atoms. The van der Waals surface area contributed by atoms with Crippen molar-refractivity contribution in [3.05, 3.63) is 39.8 Å². The second kappa shape index (κ2) is 7.45. The van der Waals surface area contributed by atoms with Gasteiger partial charge in [-0.05, 0) is 18.2 Å². The first-order valence-corrected chi connectivity index (χ1v) is 6.73. The van der Waals surface area contributed by atoms with Gasteiger partial charge in [-0.2, -0.15) is 0 Å². The molecule has 0 radical (unpaired) electrons. The summed E-state index contributed by atoms with van der Waals surface area (Å²) in [5, 5.41) is 0.0517. The number of carbonyl (C=O) groups is 1. The molecule has 0 fully saturated rings. The van der Waals surface area contributed by atoms with E-state index in [-0.39, 0.29) is 43.9 Å². The number of hydrogen-bond acceptors (Lipinski definition) is 5. The Morgan fingerprint density at radius 2 is 1.96 bits per heavy atom.